The van der Waals surface area contributed by atoms with Gasteiger partial charge in [-0.25, -0.2) is 8.78 Å². The molecule has 1 N–H and O–H groups in total. The van der Waals surface area contributed by atoms with E-state index in [1.807, 2.05) is 11.8 Å². The summed E-state index contributed by atoms with van der Waals surface area (Å²) in [5, 5.41) is 12.9. The summed E-state index contributed by atoms with van der Waals surface area (Å²) < 4.78 is 26.6. The van der Waals surface area contributed by atoms with Crippen molar-refractivity contribution < 1.29 is 23.5 Å². The Morgan fingerprint density at radius 1 is 1.29 bits per heavy atom. The topological polar surface area (TPSA) is 78.7 Å². The summed E-state index contributed by atoms with van der Waals surface area (Å²) in [7, 11) is 1.46. The van der Waals surface area contributed by atoms with E-state index in [-0.39, 0.29) is 11.6 Å². The Morgan fingerprint density at radius 2 is 2.00 bits per heavy atom. The molecule has 2 rings (SSSR count). The largest absolute Gasteiger partial charge is 0.480 e. The van der Waals surface area contributed by atoms with Gasteiger partial charge in [0, 0.05) is 33.2 Å². The quantitative estimate of drug-likeness (QED) is 0.873. The number of hydrogen-bond donors (Lipinski definition) is 1. The van der Waals surface area contributed by atoms with Crippen LogP contribution in [-0.4, -0.2) is 68.8 Å². The smallest absolute Gasteiger partial charge is 0.320 e. The lowest BCUT2D eigenvalue weighted by Gasteiger charge is -2.26. The van der Waals surface area contributed by atoms with Gasteiger partial charge in [0.2, 0.25) is 0 Å². The Balaban J connectivity index is 2.08. The Morgan fingerprint density at radius 3 is 2.54 bits per heavy atom. The van der Waals surface area contributed by atoms with Crippen LogP contribution in [-0.2, 0) is 11.8 Å². The van der Waals surface area contributed by atoms with Crippen LogP contribution in [0.15, 0.2) is 6.07 Å². The Labute approximate surface area is 138 Å². The van der Waals surface area contributed by atoms with Crippen LogP contribution < -0.4 is 0 Å². The molecule has 0 aromatic carbocycles. The van der Waals surface area contributed by atoms with Gasteiger partial charge in [0.25, 0.3) is 12.3 Å². The highest BCUT2D eigenvalue weighted by Gasteiger charge is 2.29. The number of alkyl halides is 2. The van der Waals surface area contributed by atoms with Gasteiger partial charge >= 0.3 is 5.97 Å². The van der Waals surface area contributed by atoms with Crippen molar-refractivity contribution in [2.24, 2.45) is 7.05 Å². The SMILES string of the molecule is CCC(C(=O)O)N1CCCN(C(=O)c2cc(C(F)F)nn2C)CC1. The van der Waals surface area contributed by atoms with Crippen molar-refractivity contribution in [3.63, 3.8) is 0 Å². The number of hydrogen-bond acceptors (Lipinski definition) is 4. The highest BCUT2D eigenvalue weighted by Crippen LogP contribution is 2.19. The van der Waals surface area contributed by atoms with Gasteiger partial charge in [-0.05, 0) is 18.9 Å². The van der Waals surface area contributed by atoms with E-state index >= 15 is 0 Å². The fraction of sp³-hybridized carbons (Fsp3) is 0.667. The summed E-state index contributed by atoms with van der Waals surface area (Å²) in [6.45, 7) is 3.66. The van der Waals surface area contributed by atoms with Crippen molar-refractivity contribution in [1.82, 2.24) is 19.6 Å². The first-order valence-electron chi connectivity index (χ1n) is 7.93. The molecule has 0 aliphatic carbocycles. The molecule has 7 nitrogen and oxygen atoms in total. The van der Waals surface area contributed by atoms with Crippen molar-refractivity contribution in [2.45, 2.75) is 32.2 Å². The number of amides is 1. The van der Waals surface area contributed by atoms with E-state index in [1.165, 1.54) is 11.7 Å². The van der Waals surface area contributed by atoms with E-state index in [0.29, 0.717) is 39.0 Å². The number of halogens is 2. The second kappa shape index (κ2) is 7.69. The summed E-state index contributed by atoms with van der Waals surface area (Å²) >= 11 is 0. The maximum atomic E-state index is 12.7. The molecule has 0 radical (unpaired) electrons. The minimum Gasteiger partial charge on any atom is -0.480 e. The zero-order chi connectivity index (χ0) is 17.9. The van der Waals surface area contributed by atoms with Crippen molar-refractivity contribution >= 4 is 11.9 Å². The molecular formula is C15H22F2N4O3. The van der Waals surface area contributed by atoms with Gasteiger partial charge in [0.05, 0.1) is 0 Å². The number of aryl methyl sites for hydroxylation is 1. The number of carbonyl (C=O) groups excluding carboxylic acids is 1. The van der Waals surface area contributed by atoms with E-state index in [0.717, 1.165) is 6.07 Å². The molecule has 1 saturated heterocycles. The van der Waals surface area contributed by atoms with Gasteiger partial charge in [-0.1, -0.05) is 6.92 Å². The van der Waals surface area contributed by atoms with Crippen LogP contribution in [0.5, 0.6) is 0 Å². The Hall–Kier alpha value is -2.03. The molecule has 1 aliphatic heterocycles. The number of carbonyl (C=O) groups is 2. The molecule has 1 atom stereocenters. The summed E-state index contributed by atoms with van der Waals surface area (Å²) in [4.78, 5) is 27.3. The van der Waals surface area contributed by atoms with Gasteiger partial charge in [-0.15, -0.1) is 0 Å². The van der Waals surface area contributed by atoms with E-state index in [9.17, 15) is 23.5 Å². The molecule has 0 bridgehead atoms. The number of carboxylic acid groups (broad SMARTS) is 1. The minimum absolute atomic E-state index is 0.115. The van der Waals surface area contributed by atoms with Gasteiger partial charge in [-0.3, -0.25) is 19.2 Å². The minimum atomic E-state index is -2.72. The fourth-order valence-electron chi connectivity index (χ4n) is 3.00. The molecule has 1 fully saturated rings. The monoisotopic (exact) mass is 344 g/mol. The third kappa shape index (κ3) is 3.89. The first-order valence-corrected chi connectivity index (χ1v) is 7.93. The number of rotatable bonds is 5. The lowest BCUT2D eigenvalue weighted by Crippen LogP contribution is -2.43. The Kier molecular flexibility index (Phi) is 5.87. The molecule has 1 amide bonds. The van der Waals surface area contributed by atoms with Crippen LogP contribution in [0.4, 0.5) is 8.78 Å². The Bertz CT molecular complexity index is 606. The van der Waals surface area contributed by atoms with Crippen molar-refractivity contribution in [3.05, 3.63) is 17.5 Å². The van der Waals surface area contributed by atoms with E-state index in [4.69, 9.17) is 0 Å². The van der Waals surface area contributed by atoms with Gasteiger partial charge in [-0.2, -0.15) is 5.10 Å². The number of aliphatic carboxylic acids is 1. The molecule has 9 heteroatoms. The summed E-state index contributed by atoms with van der Waals surface area (Å²) in [5.74, 6) is -1.23. The molecule has 1 aliphatic rings. The molecule has 1 aromatic rings. The summed E-state index contributed by atoms with van der Waals surface area (Å²) in [6.07, 6.45) is -1.60. The number of carboxylic acids is 1. The maximum Gasteiger partial charge on any atom is 0.320 e. The van der Waals surface area contributed by atoms with Crippen LogP contribution >= 0.6 is 0 Å². The third-order valence-corrected chi connectivity index (χ3v) is 4.27. The lowest BCUT2D eigenvalue weighted by atomic mass is 10.2. The van der Waals surface area contributed by atoms with E-state index < -0.39 is 24.1 Å². The maximum absolute atomic E-state index is 12.7. The summed E-state index contributed by atoms with van der Waals surface area (Å²) in [6, 6.07) is 0.545. The second-order valence-corrected chi connectivity index (χ2v) is 5.82. The number of aromatic nitrogens is 2. The van der Waals surface area contributed by atoms with Crippen LogP contribution in [0.2, 0.25) is 0 Å². The number of nitrogens with zero attached hydrogens (tertiary/aromatic N) is 4. The van der Waals surface area contributed by atoms with Gasteiger partial charge < -0.3 is 10.0 Å². The fourth-order valence-corrected chi connectivity index (χ4v) is 3.00. The van der Waals surface area contributed by atoms with Crippen molar-refractivity contribution in [3.8, 4) is 0 Å². The normalized spacial score (nSPS) is 17.8. The zero-order valence-corrected chi connectivity index (χ0v) is 13.8. The highest BCUT2D eigenvalue weighted by molar-refractivity contribution is 5.92. The van der Waals surface area contributed by atoms with Crippen LogP contribution in [0.25, 0.3) is 0 Å². The average molecular weight is 344 g/mol. The zero-order valence-electron chi connectivity index (χ0n) is 13.8. The third-order valence-electron chi connectivity index (χ3n) is 4.27. The van der Waals surface area contributed by atoms with E-state index in [2.05, 4.69) is 5.10 Å². The first-order chi connectivity index (χ1) is 11.3. The molecule has 1 unspecified atom stereocenters. The standard InChI is InChI=1S/C15H22F2N4O3/c1-3-11(15(23)24)20-5-4-6-21(8-7-20)14(22)12-9-10(13(16)17)18-19(12)2/h9,11,13H,3-8H2,1-2H3,(H,23,24). The van der Waals surface area contributed by atoms with E-state index in [1.54, 1.807) is 4.90 Å². The van der Waals surface area contributed by atoms with Crippen LogP contribution in [0.1, 0.15) is 42.4 Å². The van der Waals surface area contributed by atoms with Crippen molar-refractivity contribution in [2.75, 3.05) is 26.2 Å². The molecular weight excluding hydrogens is 322 g/mol. The van der Waals surface area contributed by atoms with Crippen molar-refractivity contribution in [1.29, 1.82) is 0 Å². The molecule has 0 spiro atoms. The average Bonchev–Trinajstić information content (AvgIpc) is 2.76. The van der Waals surface area contributed by atoms with Gasteiger partial charge in [0.1, 0.15) is 17.4 Å². The first kappa shape index (κ1) is 18.3. The molecule has 1 aromatic heterocycles. The highest BCUT2D eigenvalue weighted by atomic mass is 19.3. The summed E-state index contributed by atoms with van der Waals surface area (Å²) in [5.41, 5.74) is -0.307. The molecule has 24 heavy (non-hydrogen) atoms. The molecule has 2 heterocycles. The molecule has 0 saturated carbocycles. The van der Waals surface area contributed by atoms with Gasteiger partial charge in [0.15, 0.2) is 0 Å². The lowest BCUT2D eigenvalue weighted by molar-refractivity contribution is -0.143. The molecule has 134 valence electrons. The van der Waals surface area contributed by atoms with Crippen LogP contribution in [0, 0.1) is 0 Å². The van der Waals surface area contributed by atoms with Crippen LogP contribution in [0.3, 0.4) is 0 Å². The predicted octanol–water partition coefficient (Wildman–Crippen LogP) is 1.37. The second-order valence-electron chi connectivity index (χ2n) is 5.82. The predicted molar refractivity (Wildman–Crippen MR) is 82.0 cm³/mol.